The van der Waals surface area contributed by atoms with E-state index in [0.29, 0.717) is 35.9 Å². The topological polar surface area (TPSA) is 87.4 Å². The summed E-state index contributed by atoms with van der Waals surface area (Å²) in [6.07, 6.45) is 3.59. The molecule has 0 bridgehead atoms. The molecule has 2 aromatic carbocycles. The number of rotatable bonds is 9. The van der Waals surface area contributed by atoms with Gasteiger partial charge >= 0.3 is 0 Å². The molecule has 0 amide bonds. The van der Waals surface area contributed by atoms with Gasteiger partial charge < -0.3 is 19.4 Å². The van der Waals surface area contributed by atoms with Gasteiger partial charge in [-0.15, -0.1) is 11.3 Å². The second kappa shape index (κ2) is 10.7. The average molecular weight is 587 g/mol. The highest BCUT2D eigenvalue weighted by Gasteiger charge is 2.30. The highest BCUT2D eigenvalue weighted by molar-refractivity contribution is 7.90. The Balaban J connectivity index is 1.66. The Morgan fingerprint density at radius 3 is 2.41 bits per heavy atom. The van der Waals surface area contributed by atoms with Gasteiger partial charge in [0.05, 0.1) is 30.3 Å². The molecule has 0 aliphatic rings. The quantitative estimate of drug-likeness (QED) is 0.220. The fourth-order valence-corrected chi connectivity index (χ4v) is 7.46. The van der Waals surface area contributed by atoms with Crippen LogP contribution in [0.15, 0.2) is 83.3 Å². The van der Waals surface area contributed by atoms with Crippen molar-refractivity contribution in [1.82, 2.24) is 18.8 Å². The average Bonchev–Trinajstić information content (AvgIpc) is 3.69. The molecule has 0 fully saturated rings. The van der Waals surface area contributed by atoms with Gasteiger partial charge in [0.15, 0.2) is 17.1 Å². The van der Waals surface area contributed by atoms with Crippen LogP contribution in [0.4, 0.5) is 0 Å². The zero-order valence-electron chi connectivity index (χ0n) is 23.2. The van der Waals surface area contributed by atoms with Gasteiger partial charge in [0.1, 0.15) is 0 Å². The maximum absolute atomic E-state index is 14.4. The Bertz CT molecular complexity index is 1970. The van der Waals surface area contributed by atoms with Gasteiger partial charge in [0.25, 0.3) is 10.0 Å². The van der Waals surface area contributed by atoms with Gasteiger partial charge in [-0.2, -0.15) is 0 Å². The number of fused-ring (bicyclic) bond motifs is 2. The van der Waals surface area contributed by atoms with Crippen LogP contribution in [-0.4, -0.2) is 36.2 Å². The van der Waals surface area contributed by atoms with Crippen LogP contribution < -0.4 is 14.8 Å². The van der Waals surface area contributed by atoms with Crippen LogP contribution in [0, 0.1) is 6.92 Å². The zero-order chi connectivity index (χ0) is 28.7. The Kier molecular flexibility index (Phi) is 7.06. The minimum atomic E-state index is -4.03. The van der Waals surface area contributed by atoms with Gasteiger partial charge in [0.2, 0.25) is 0 Å². The van der Waals surface area contributed by atoms with E-state index in [1.54, 1.807) is 43.9 Å². The van der Waals surface area contributed by atoms with Crippen LogP contribution in [0.1, 0.15) is 16.0 Å². The highest BCUT2D eigenvalue weighted by atomic mass is 32.2. The largest absolute Gasteiger partial charge is 0.493 e. The summed E-state index contributed by atoms with van der Waals surface area (Å²) in [7, 11) is 1.10. The summed E-state index contributed by atoms with van der Waals surface area (Å²) < 4.78 is 43.5. The summed E-state index contributed by atoms with van der Waals surface area (Å²) in [6, 6.07) is 18.6. The van der Waals surface area contributed by atoms with E-state index in [1.807, 2.05) is 72.6 Å². The van der Waals surface area contributed by atoms with Crippen molar-refractivity contribution in [3.8, 4) is 22.8 Å². The Morgan fingerprint density at radius 2 is 1.71 bits per heavy atom. The van der Waals surface area contributed by atoms with Gasteiger partial charge in [-0.1, -0.05) is 23.8 Å². The zero-order valence-corrected chi connectivity index (χ0v) is 24.8. The van der Waals surface area contributed by atoms with Crippen LogP contribution in [-0.2, 0) is 30.2 Å². The number of aryl methyl sites for hydroxylation is 2. The first-order chi connectivity index (χ1) is 19.8. The van der Waals surface area contributed by atoms with Crippen molar-refractivity contribution in [1.29, 1.82) is 0 Å². The summed E-state index contributed by atoms with van der Waals surface area (Å²) in [5.41, 5.74) is 4.41. The molecule has 0 saturated carbocycles. The predicted octanol–water partition coefficient (Wildman–Crippen LogP) is 6.11. The van der Waals surface area contributed by atoms with Crippen molar-refractivity contribution in [3.05, 3.63) is 94.4 Å². The lowest BCUT2D eigenvalue weighted by molar-refractivity contribution is 0.355. The summed E-state index contributed by atoms with van der Waals surface area (Å²) in [5, 5.41) is 7.20. The first kappa shape index (κ1) is 27.1. The Labute approximate surface area is 242 Å². The molecule has 4 aromatic heterocycles. The molecular formula is C31H30N4O4S2. The van der Waals surface area contributed by atoms with Crippen molar-refractivity contribution >= 4 is 43.3 Å². The molecular weight excluding hydrogens is 556 g/mol. The van der Waals surface area contributed by atoms with Crippen molar-refractivity contribution in [2.45, 2.75) is 24.9 Å². The molecule has 0 atom stereocenters. The van der Waals surface area contributed by atoms with Crippen LogP contribution in [0.2, 0.25) is 0 Å². The van der Waals surface area contributed by atoms with Crippen molar-refractivity contribution in [2.24, 2.45) is 7.05 Å². The molecule has 41 heavy (non-hydrogen) atoms. The molecule has 10 heteroatoms. The van der Waals surface area contributed by atoms with E-state index in [-0.39, 0.29) is 4.90 Å². The maximum atomic E-state index is 14.4. The van der Waals surface area contributed by atoms with Gasteiger partial charge in [-0.25, -0.2) is 17.4 Å². The third kappa shape index (κ3) is 4.67. The van der Waals surface area contributed by atoms with Crippen molar-refractivity contribution in [2.75, 3.05) is 14.2 Å². The summed E-state index contributed by atoms with van der Waals surface area (Å²) in [4.78, 5) is 6.01. The molecule has 0 unspecified atom stereocenters. The molecule has 210 valence electrons. The smallest absolute Gasteiger partial charge is 0.269 e. The molecule has 0 radical (unpaired) electrons. The van der Waals surface area contributed by atoms with Gasteiger partial charge in [0, 0.05) is 65.4 Å². The van der Waals surface area contributed by atoms with Crippen LogP contribution in [0.25, 0.3) is 33.2 Å². The second-order valence-corrected chi connectivity index (χ2v) is 12.7. The third-order valence-electron chi connectivity index (χ3n) is 7.28. The number of benzene rings is 2. The SMILES string of the molecule is COc1cc2c(-c3c(CNCc4cccs4)c4cccnc4n3S(=O)(=O)c3ccc(C)cc3)cn(C)c2cc1OC. The molecule has 6 rings (SSSR count). The number of nitrogens with one attached hydrogen (secondary N) is 1. The second-order valence-electron chi connectivity index (χ2n) is 9.85. The molecule has 0 spiro atoms. The predicted molar refractivity (Wildman–Crippen MR) is 163 cm³/mol. The third-order valence-corrected chi connectivity index (χ3v) is 9.86. The minimum absolute atomic E-state index is 0.199. The first-order valence-electron chi connectivity index (χ1n) is 13.1. The first-order valence-corrected chi connectivity index (χ1v) is 15.4. The summed E-state index contributed by atoms with van der Waals surface area (Å²) >= 11 is 1.68. The summed E-state index contributed by atoms with van der Waals surface area (Å²) in [5.74, 6) is 1.16. The number of thiophene rings is 1. The number of ether oxygens (including phenoxy) is 2. The standard InChI is InChI=1S/C31H30N4O4S2/c1-20-9-11-22(12-10-20)41(36,37)35-30(26-19-34(2)27-16-29(39-4)28(38-3)15-24(26)27)25(23-8-5-13-33-31(23)35)18-32-17-21-7-6-14-40-21/h5-16,19,32H,17-18H2,1-4H3. The van der Waals surface area contributed by atoms with Gasteiger partial charge in [-0.3, -0.25) is 0 Å². The Hall–Kier alpha value is -4.12. The van der Waals surface area contributed by atoms with E-state index in [0.717, 1.165) is 33.0 Å². The normalized spacial score (nSPS) is 11.9. The number of methoxy groups -OCH3 is 2. The monoisotopic (exact) mass is 586 g/mol. The molecule has 0 aliphatic heterocycles. The highest BCUT2D eigenvalue weighted by Crippen LogP contribution is 2.43. The number of nitrogens with zero attached hydrogens (tertiary/aromatic N) is 3. The summed E-state index contributed by atoms with van der Waals surface area (Å²) in [6.45, 7) is 3.04. The van der Waals surface area contributed by atoms with E-state index >= 15 is 0 Å². The van der Waals surface area contributed by atoms with Crippen molar-refractivity contribution in [3.63, 3.8) is 0 Å². The lowest BCUT2D eigenvalue weighted by Crippen LogP contribution is -2.16. The molecule has 6 aromatic rings. The van der Waals surface area contributed by atoms with Crippen molar-refractivity contribution < 1.29 is 17.9 Å². The lowest BCUT2D eigenvalue weighted by Gasteiger charge is -2.14. The number of hydrogen-bond acceptors (Lipinski definition) is 7. The fraction of sp³-hybridized carbons (Fsp3) is 0.194. The fourth-order valence-electron chi connectivity index (χ4n) is 5.27. The van der Waals surface area contributed by atoms with Crippen LogP contribution >= 0.6 is 11.3 Å². The van der Waals surface area contributed by atoms with E-state index in [2.05, 4.69) is 16.4 Å². The maximum Gasteiger partial charge on any atom is 0.269 e. The van der Waals surface area contributed by atoms with Crippen LogP contribution in [0.5, 0.6) is 11.5 Å². The molecule has 8 nitrogen and oxygen atoms in total. The Morgan fingerprint density at radius 1 is 0.951 bits per heavy atom. The van der Waals surface area contributed by atoms with Gasteiger partial charge in [-0.05, 0) is 48.7 Å². The molecule has 1 N–H and O–H groups in total. The van der Waals surface area contributed by atoms with E-state index in [1.165, 1.54) is 8.85 Å². The molecule has 4 heterocycles. The van der Waals surface area contributed by atoms with E-state index < -0.39 is 10.0 Å². The lowest BCUT2D eigenvalue weighted by atomic mass is 10.0. The minimum Gasteiger partial charge on any atom is -0.493 e. The van der Waals surface area contributed by atoms with Crippen LogP contribution in [0.3, 0.4) is 0 Å². The molecule has 0 saturated heterocycles. The number of aromatic nitrogens is 3. The van der Waals surface area contributed by atoms with E-state index in [9.17, 15) is 8.42 Å². The number of hydrogen-bond donors (Lipinski definition) is 1. The number of pyridine rings is 1. The molecule has 0 aliphatic carbocycles. The van der Waals surface area contributed by atoms with E-state index in [4.69, 9.17) is 9.47 Å².